The van der Waals surface area contributed by atoms with Gasteiger partial charge in [0, 0.05) is 0 Å². The van der Waals surface area contributed by atoms with Gasteiger partial charge in [0.25, 0.3) is 5.89 Å². The van der Waals surface area contributed by atoms with Crippen LogP contribution in [0.5, 0.6) is 0 Å². The molecule has 122 valence electrons. The summed E-state index contributed by atoms with van der Waals surface area (Å²) in [7, 11) is 0. The molecule has 0 radical (unpaired) electrons. The molecule has 1 aliphatic rings. The molecule has 4 rings (SSSR count). The second-order valence-corrected chi connectivity index (χ2v) is 8.18. The molecule has 3 heterocycles. The van der Waals surface area contributed by atoms with E-state index in [4.69, 9.17) is 21.9 Å². The topological polar surface area (TPSA) is 77.8 Å². The molecule has 3 aromatic rings. The number of nitrogens with two attached hydrogens (primary N) is 1. The lowest BCUT2D eigenvalue weighted by molar-refractivity contribution is 0.229. The highest BCUT2D eigenvalue weighted by atomic mass is 35.5. The molecule has 23 heavy (non-hydrogen) atoms. The van der Waals surface area contributed by atoms with Gasteiger partial charge in [-0.1, -0.05) is 16.8 Å². The number of halogens is 2. The number of thiazole rings is 1. The first kappa shape index (κ1) is 16.9. The molecule has 9 heteroatoms. The molecule has 0 atom stereocenters. The van der Waals surface area contributed by atoms with Crippen LogP contribution in [0.2, 0.25) is 4.34 Å². The number of aromatic nitrogens is 3. The summed E-state index contributed by atoms with van der Waals surface area (Å²) in [5.41, 5.74) is 6.70. The van der Waals surface area contributed by atoms with Crippen molar-refractivity contribution in [1.29, 1.82) is 0 Å². The molecular formula is C14H14Cl2N4OS2. The first-order valence-electron chi connectivity index (χ1n) is 6.92. The second kappa shape index (κ2) is 6.14. The summed E-state index contributed by atoms with van der Waals surface area (Å²) < 4.78 is 6.16. The van der Waals surface area contributed by atoms with Crippen LogP contribution in [0.4, 0.5) is 0 Å². The van der Waals surface area contributed by atoms with E-state index >= 15 is 0 Å². The summed E-state index contributed by atoms with van der Waals surface area (Å²) in [4.78, 5) is 11.0. The Balaban J connectivity index is 0.00000156. The van der Waals surface area contributed by atoms with Gasteiger partial charge in [-0.25, -0.2) is 4.98 Å². The molecule has 0 saturated heterocycles. The number of nitrogens with zero attached hydrogens (tertiary/aromatic N) is 3. The Labute approximate surface area is 152 Å². The van der Waals surface area contributed by atoms with E-state index in [0.717, 1.165) is 44.1 Å². The van der Waals surface area contributed by atoms with Crippen LogP contribution in [0.3, 0.4) is 0 Å². The van der Waals surface area contributed by atoms with Gasteiger partial charge >= 0.3 is 0 Å². The Kier molecular flexibility index (Phi) is 4.50. The SMILES string of the molecule is Cc1nc(-c2ccc(Cl)s2)sc1-c1nc(C2(N)CCC2)no1.Cl. The summed E-state index contributed by atoms with van der Waals surface area (Å²) in [5.74, 6) is 1.10. The van der Waals surface area contributed by atoms with Crippen LogP contribution in [0.1, 0.15) is 30.8 Å². The van der Waals surface area contributed by atoms with E-state index in [1.807, 2.05) is 19.1 Å². The van der Waals surface area contributed by atoms with Crippen LogP contribution in [0.25, 0.3) is 20.7 Å². The zero-order valence-electron chi connectivity index (χ0n) is 12.2. The van der Waals surface area contributed by atoms with Crippen LogP contribution in [-0.2, 0) is 5.54 Å². The third-order valence-corrected chi connectivity index (χ3v) is 6.44. The lowest BCUT2D eigenvalue weighted by Gasteiger charge is -2.34. The van der Waals surface area contributed by atoms with Gasteiger partial charge in [-0.05, 0) is 38.3 Å². The molecule has 3 aromatic heterocycles. The third-order valence-electron chi connectivity index (χ3n) is 3.89. The van der Waals surface area contributed by atoms with Crippen LogP contribution in [0.15, 0.2) is 16.7 Å². The van der Waals surface area contributed by atoms with Crippen molar-refractivity contribution >= 4 is 46.7 Å². The van der Waals surface area contributed by atoms with E-state index in [1.54, 1.807) is 0 Å². The van der Waals surface area contributed by atoms with Crippen molar-refractivity contribution in [3.63, 3.8) is 0 Å². The van der Waals surface area contributed by atoms with Gasteiger partial charge in [-0.2, -0.15) is 4.98 Å². The summed E-state index contributed by atoms with van der Waals surface area (Å²) in [6.07, 6.45) is 2.93. The zero-order valence-corrected chi connectivity index (χ0v) is 15.4. The highest BCUT2D eigenvalue weighted by Crippen LogP contribution is 2.41. The zero-order chi connectivity index (χ0) is 15.3. The third kappa shape index (κ3) is 2.92. The molecule has 2 N–H and O–H groups in total. The molecule has 5 nitrogen and oxygen atoms in total. The molecule has 0 unspecified atom stereocenters. The standard InChI is InChI=1S/C14H13ClN4OS2.ClH/c1-7-10(22-12(17-7)8-3-4-9(15)21-8)11-18-13(19-20-11)14(16)5-2-6-14;/h3-4H,2,5-6,16H2,1H3;1H. The van der Waals surface area contributed by atoms with Crippen molar-refractivity contribution in [2.75, 3.05) is 0 Å². The Morgan fingerprint density at radius 2 is 2.04 bits per heavy atom. The maximum Gasteiger partial charge on any atom is 0.270 e. The van der Waals surface area contributed by atoms with E-state index in [2.05, 4.69) is 15.1 Å². The Bertz CT molecular complexity index is 838. The lowest BCUT2D eigenvalue weighted by Crippen LogP contribution is -2.44. The fraction of sp³-hybridized carbons (Fsp3) is 0.357. The number of hydrogen-bond donors (Lipinski definition) is 1. The largest absolute Gasteiger partial charge is 0.333 e. The summed E-state index contributed by atoms with van der Waals surface area (Å²) in [6.45, 7) is 1.94. The number of hydrogen-bond acceptors (Lipinski definition) is 7. The van der Waals surface area contributed by atoms with E-state index in [-0.39, 0.29) is 12.4 Å². The van der Waals surface area contributed by atoms with Crippen molar-refractivity contribution in [3.05, 3.63) is 28.0 Å². The molecule has 0 aromatic carbocycles. The van der Waals surface area contributed by atoms with E-state index in [0.29, 0.717) is 11.7 Å². The van der Waals surface area contributed by atoms with Gasteiger partial charge < -0.3 is 10.3 Å². The minimum absolute atomic E-state index is 0. The van der Waals surface area contributed by atoms with Gasteiger partial charge in [0.05, 0.1) is 20.4 Å². The number of rotatable bonds is 3. The minimum Gasteiger partial charge on any atom is -0.333 e. The maximum atomic E-state index is 6.24. The minimum atomic E-state index is -0.412. The van der Waals surface area contributed by atoms with Gasteiger partial charge in [0.2, 0.25) is 0 Å². The molecule has 0 spiro atoms. The summed E-state index contributed by atoms with van der Waals surface area (Å²) in [5, 5.41) is 4.98. The summed E-state index contributed by atoms with van der Waals surface area (Å²) in [6, 6.07) is 3.84. The Morgan fingerprint density at radius 3 is 2.65 bits per heavy atom. The first-order chi connectivity index (χ1) is 10.5. The predicted octanol–water partition coefficient (Wildman–Crippen LogP) is 4.64. The van der Waals surface area contributed by atoms with Crippen LogP contribution in [-0.4, -0.2) is 15.1 Å². The monoisotopic (exact) mass is 388 g/mol. The molecule has 0 bridgehead atoms. The van der Waals surface area contributed by atoms with Crippen LogP contribution >= 0.6 is 46.7 Å². The van der Waals surface area contributed by atoms with Crippen molar-refractivity contribution in [2.24, 2.45) is 5.73 Å². The molecular weight excluding hydrogens is 375 g/mol. The van der Waals surface area contributed by atoms with Gasteiger partial charge in [0.1, 0.15) is 9.88 Å². The second-order valence-electron chi connectivity index (χ2n) is 5.47. The lowest BCUT2D eigenvalue weighted by atomic mass is 9.77. The van der Waals surface area contributed by atoms with Gasteiger partial charge in [-0.15, -0.1) is 35.1 Å². The fourth-order valence-electron chi connectivity index (χ4n) is 2.43. The fourth-order valence-corrected chi connectivity index (χ4v) is 4.51. The van der Waals surface area contributed by atoms with Crippen LogP contribution in [0, 0.1) is 6.92 Å². The molecule has 1 saturated carbocycles. The van der Waals surface area contributed by atoms with Gasteiger partial charge in [0.15, 0.2) is 5.82 Å². The normalized spacial score (nSPS) is 16.0. The average molecular weight is 389 g/mol. The Morgan fingerprint density at radius 1 is 1.26 bits per heavy atom. The van der Waals surface area contributed by atoms with Crippen molar-refractivity contribution in [3.8, 4) is 20.7 Å². The molecule has 1 fully saturated rings. The first-order valence-corrected chi connectivity index (χ1v) is 8.93. The van der Waals surface area contributed by atoms with E-state index in [1.165, 1.54) is 22.7 Å². The number of aryl methyl sites for hydroxylation is 1. The van der Waals surface area contributed by atoms with E-state index in [9.17, 15) is 0 Å². The highest BCUT2D eigenvalue weighted by Gasteiger charge is 2.39. The molecule has 0 aliphatic heterocycles. The molecule has 1 aliphatic carbocycles. The smallest absolute Gasteiger partial charge is 0.270 e. The van der Waals surface area contributed by atoms with Crippen molar-refractivity contribution in [1.82, 2.24) is 15.1 Å². The van der Waals surface area contributed by atoms with Crippen molar-refractivity contribution < 1.29 is 4.52 Å². The average Bonchev–Trinajstić information content (AvgIpc) is 3.15. The Hall–Kier alpha value is -0.990. The quantitative estimate of drug-likeness (QED) is 0.706. The van der Waals surface area contributed by atoms with Crippen molar-refractivity contribution in [2.45, 2.75) is 31.7 Å². The molecule has 0 amide bonds. The van der Waals surface area contributed by atoms with E-state index < -0.39 is 5.54 Å². The summed E-state index contributed by atoms with van der Waals surface area (Å²) >= 11 is 9.03. The number of thiophene rings is 1. The van der Waals surface area contributed by atoms with Crippen LogP contribution < -0.4 is 5.73 Å². The van der Waals surface area contributed by atoms with Gasteiger partial charge in [-0.3, -0.25) is 0 Å². The highest BCUT2D eigenvalue weighted by molar-refractivity contribution is 7.25. The predicted molar refractivity (Wildman–Crippen MR) is 95.4 cm³/mol. The maximum absolute atomic E-state index is 6.24.